The van der Waals surface area contributed by atoms with Gasteiger partial charge in [-0.15, -0.1) is 0 Å². The maximum atomic E-state index is 13.2. The highest BCUT2D eigenvalue weighted by atomic mass is 32.2. The number of nitro groups is 1. The van der Waals surface area contributed by atoms with Crippen LogP contribution in [0.3, 0.4) is 0 Å². The first-order valence-electron chi connectivity index (χ1n) is 12.7. The van der Waals surface area contributed by atoms with Crippen LogP contribution < -0.4 is 5.69 Å². The first-order valence-corrected chi connectivity index (χ1v) is 13.7. The number of hydrogen-bond donors (Lipinski definition) is 1. The van der Waals surface area contributed by atoms with Gasteiger partial charge in [0.2, 0.25) is 0 Å². The van der Waals surface area contributed by atoms with Crippen molar-refractivity contribution in [1.29, 1.82) is 0 Å². The summed E-state index contributed by atoms with van der Waals surface area (Å²) in [6.45, 7) is 0. The summed E-state index contributed by atoms with van der Waals surface area (Å²) in [7, 11) is 0. The number of benzene rings is 3. The molecule has 2 aromatic heterocycles. The van der Waals surface area contributed by atoms with E-state index in [-0.39, 0.29) is 17.9 Å². The third-order valence-electron chi connectivity index (χ3n) is 6.43. The van der Waals surface area contributed by atoms with Gasteiger partial charge in [-0.3, -0.25) is 14.7 Å². The molecule has 0 saturated carbocycles. The third kappa shape index (κ3) is 6.59. The first-order chi connectivity index (χ1) is 19.9. The standard InChI is InChI=1S/C30H24N4O6S/c35-29(36)27(15-14-20-8-3-1-4-9-20)33-18-25(21-10-5-2-6-11-21)28(31-30(33)37)41-19-24-17-26(32-40-24)22-12-7-13-23(16-22)34(38)39/h1-13,16-18,27H,14-15,19H2,(H,35,36). The summed E-state index contributed by atoms with van der Waals surface area (Å²) in [5, 5.41) is 25.6. The summed E-state index contributed by atoms with van der Waals surface area (Å²) in [6, 6.07) is 25.5. The summed E-state index contributed by atoms with van der Waals surface area (Å²) in [4.78, 5) is 40.3. The number of aliphatic carboxylic acids is 1. The summed E-state index contributed by atoms with van der Waals surface area (Å²) < 4.78 is 6.64. The number of carboxylic acid groups (broad SMARTS) is 1. The maximum absolute atomic E-state index is 13.2. The molecular weight excluding hydrogens is 544 g/mol. The number of hydrogen-bond acceptors (Lipinski definition) is 8. The molecule has 2 heterocycles. The quantitative estimate of drug-likeness (QED) is 0.0875. The van der Waals surface area contributed by atoms with E-state index in [1.165, 1.54) is 28.5 Å². The van der Waals surface area contributed by atoms with Crippen LogP contribution in [0.4, 0.5) is 5.69 Å². The highest BCUT2D eigenvalue weighted by Gasteiger charge is 2.24. The van der Waals surface area contributed by atoms with Gasteiger partial charge in [-0.25, -0.2) is 9.59 Å². The van der Waals surface area contributed by atoms with Gasteiger partial charge in [0, 0.05) is 35.5 Å². The van der Waals surface area contributed by atoms with Crippen LogP contribution in [0.25, 0.3) is 22.4 Å². The Hall–Kier alpha value is -5.03. The summed E-state index contributed by atoms with van der Waals surface area (Å²) in [5.41, 5.74) is 2.63. The molecule has 1 unspecified atom stereocenters. The number of aryl methyl sites for hydroxylation is 1. The Kier molecular flexibility index (Phi) is 8.35. The van der Waals surface area contributed by atoms with Crippen LogP contribution >= 0.6 is 11.8 Å². The predicted octanol–water partition coefficient (Wildman–Crippen LogP) is 6.02. The Morgan fingerprint density at radius 1 is 1.00 bits per heavy atom. The summed E-state index contributed by atoms with van der Waals surface area (Å²) in [6.07, 6.45) is 2.27. The lowest BCUT2D eigenvalue weighted by Gasteiger charge is -2.18. The molecule has 3 aromatic carbocycles. The Morgan fingerprint density at radius 3 is 2.41 bits per heavy atom. The fraction of sp³-hybridized carbons (Fsp3) is 0.133. The molecule has 0 aliphatic heterocycles. The van der Waals surface area contributed by atoms with Crippen LogP contribution in [0.15, 0.2) is 112 Å². The number of aromatic nitrogens is 3. The average Bonchev–Trinajstić information content (AvgIpc) is 3.47. The zero-order chi connectivity index (χ0) is 28.8. The van der Waals surface area contributed by atoms with Crippen molar-refractivity contribution < 1.29 is 19.3 Å². The van der Waals surface area contributed by atoms with Crippen molar-refractivity contribution in [3.63, 3.8) is 0 Å². The largest absolute Gasteiger partial charge is 0.480 e. The SMILES string of the molecule is O=C(O)C(CCc1ccccc1)n1cc(-c2ccccc2)c(SCc2cc(-c3cccc([N+](=O)[O-])c3)no2)nc1=O. The highest BCUT2D eigenvalue weighted by molar-refractivity contribution is 7.98. The van der Waals surface area contributed by atoms with Gasteiger partial charge in [0.1, 0.15) is 22.5 Å². The topological polar surface area (TPSA) is 141 Å². The fourth-order valence-corrected chi connectivity index (χ4v) is 5.25. The smallest absolute Gasteiger partial charge is 0.349 e. The molecule has 11 heteroatoms. The monoisotopic (exact) mass is 568 g/mol. The molecule has 0 bridgehead atoms. The van der Waals surface area contributed by atoms with Crippen molar-refractivity contribution in [1.82, 2.24) is 14.7 Å². The molecule has 10 nitrogen and oxygen atoms in total. The van der Waals surface area contributed by atoms with Gasteiger partial charge in [0.05, 0.1) is 10.7 Å². The molecule has 0 saturated heterocycles. The molecule has 0 fully saturated rings. The van der Waals surface area contributed by atoms with E-state index in [1.54, 1.807) is 24.4 Å². The van der Waals surface area contributed by atoms with E-state index in [0.29, 0.717) is 34.0 Å². The van der Waals surface area contributed by atoms with Crippen LogP contribution in [-0.4, -0.2) is 30.7 Å². The van der Waals surface area contributed by atoms with E-state index in [4.69, 9.17) is 4.52 Å². The number of carbonyl (C=O) groups is 1. The van der Waals surface area contributed by atoms with Crippen LogP contribution in [0.5, 0.6) is 0 Å². The number of nitro benzene ring substituents is 1. The minimum Gasteiger partial charge on any atom is -0.480 e. The van der Waals surface area contributed by atoms with E-state index in [1.807, 2.05) is 60.7 Å². The van der Waals surface area contributed by atoms with Crippen LogP contribution in [0.1, 0.15) is 23.8 Å². The van der Waals surface area contributed by atoms with Gasteiger partial charge in [-0.1, -0.05) is 89.7 Å². The van der Waals surface area contributed by atoms with Crippen molar-refractivity contribution in [2.75, 3.05) is 0 Å². The lowest BCUT2D eigenvalue weighted by Crippen LogP contribution is -2.32. The molecule has 0 radical (unpaired) electrons. The normalized spacial score (nSPS) is 11.7. The van der Waals surface area contributed by atoms with Crippen molar-refractivity contribution in [3.05, 3.63) is 129 Å². The number of rotatable bonds is 11. The summed E-state index contributed by atoms with van der Waals surface area (Å²) >= 11 is 1.25. The van der Waals surface area contributed by atoms with Gasteiger partial charge in [-0.2, -0.15) is 4.98 Å². The maximum Gasteiger partial charge on any atom is 0.349 e. The molecule has 5 rings (SSSR count). The Balaban J connectivity index is 1.42. The minimum absolute atomic E-state index is 0.0536. The number of non-ortho nitro benzene ring substituents is 1. The number of thioether (sulfide) groups is 1. The van der Waals surface area contributed by atoms with Crippen LogP contribution in [-0.2, 0) is 17.0 Å². The molecule has 1 N–H and O–H groups in total. The Labute approximate surface area is 238 Å². The second-order valence-electron chi connectivity index (χ2n) is 9.17. The molecular formula is C30H24N4O6S. The van der Waals surface area contributed by atoms with Crippen molar-refractivity contribution in [2.24, 2.45) is 0 Å². The van der Waals surface area contributed by atoms with Gasteiger partial charge in [0.15, 0.2) is 0 Å². The molecule has 41 heavy (non-hydrogen) atoms. The molecule has 0 aliphatic carbocycles. The zero-order valence-corrected chi connectivity index (χ0v) is 22.4. The molecule has 0 amide bonds. The van der Waals surface area contributed by atoms with E-state index in [0.717, 1.165) is 11.1 Å². The second kappa shape index (κ2) is 12.4. The molecule has 1 atom stereocenters. The fourth-order valence-electron chi connectivity index (χ4n) is 4.37. The minimum atomic E-state index is -1.11. The second-order valence-corrected chi connectivity index (χ2v) is 10.1. The third-order valence-corrected chi connectivity index (χ3v) is 7.45. The Bertz CT molecular complexity index is 1740. The van der Waals surface area contributed by atoms with Crippen molar-refractivity contribution in [3.8, 4) is 22.4 Å². The average molecular weight is 569 g/mol. The highest BCUT2D eigenvalue weighted by Crippen LogP contribution is 2.33. The summed E-state index contributed by atoms with van der Waals surface area (Å²) in [5.74, 6) is -0.360. The number of carboxylic acids is 1. The van der Waals surface area contributed by atoms with Gasteiger partial charge in [-0.05, 0) is 24.0 Å². The zero-order valence-electron chi connectivity index (χ0n) is 21.6. The predicted molar refractivity (Wildman–Crippen MR) is 154 cm³/mol. The van der Waals surface area contributed by atoms with E-state index in [9.17, 15) is 24.8 Å². The van der Waals surface area contributed by atoms with Gasteiger partial charge in [0.25, 0.3) is 5.69 Å². The van der Waals surface area contributed by atoms with Crippen LogP contribution in [0.2, 0.25) is 0 Å². The number of nitrogens with zero attached hydrogens (tertiary/aromatic N) is 4. The van der Waals surface area contributed by atoms with Gasteiger partial charge >= 0.3 is 11.7 Å². The van der Waals surface area contributed by atoms with E-state index < -0.39 is 22.6 Å². The Morgan fingerprint density at radius 2 is 1.71 bits per heavy atom. The van der Waals surface area contributed by atoms with Gasteiger partial charge < -0.3 is 9.63 Å². The van der Waals surface area contributed by atoms with Crippen molar-refractivity contribution >= 4 is 23.4 Å². The first kappa shape index (κ1) is 27.5. The van der Waals surface area contributed by atoms with Crippen molar-refractivity contribution in [2.45, 2.75) is 29.7 Å². The molecule has 0 spiro atoms. The lowest BCUT2D eigenvalue weighted by molar-refractivity contribution is -0.384. The lowest BCUT2D eigenvalue weighted by atomic mass is 10.0. The van der Waals surface area contributed by atoms with E-state index in [2.05, 4.69) is 10.1 Å². The van der Waals surface area contributed by atoms with Crippen LogP contribution in [0, 0.1) is 10.1 Å². The molecule has 5 aromatic rings. The molecule has 206 valence electrons. The van der Waals surface area contributed by atoms with E-state index >= 15 is 0 Å². The molecule has 0 aliphatic rings.